The molecular formula is C14H26N2O. The fourth-order valence-corrected chi connectivity index (χ4v) is 3.20. The van der Waals surface area contributed by atoms with Gasteiger partial charge in [0.1, 0.15) is 5.78 Å². The predicted octanol–water partition coefficient (Wildman–Crippen LogP) is 1.77. The topological polar surface area (TPSA) is 23.6 Å². The molecule has 2 rings (SSSR count). The number of likely N-dealkylation sites (tertiary alicyclic amines) is 2. The van der Waals surface area contributed by atoms with Gasteiger partial charge in [-0.2, -0.15) is 0 Å². The third kappa shape index (κ3) is 3.29. The highest BCUT2D eigenvalue weighted by Gasteiger charge is 2.30. The first-order valence-electron chi connectivity index (χ1n) is 7.19. The van der Waals surface area contributed by atoms with E-state index in [9.17, 15) is 4.79 Å². The van der Waals surface area contributed by atoms with Crippen LogP contribution < -0.4 is 0 Å². The molecule has 0 saturated carbocycles. The third-order valence-corrected chi connectivity index (χ3v) is 4.32. The lowest BCUT2D eigenvalue weighted by Crippen LogP contribution is -2.50. The average molecular weight is 238 g/mol. The summed E-state index contributed by atoms with van der Waals surface area (Å²) in [4.78, 5) is 16.7. The molecule has 0 N–H and O–H groups in total. The highest BCUT2D eigenvalue weighted by atomic mass is 16.1. The first-order chi connectivity index (χ1) is 8.20. The van der Waals surface area contributed by atoms with E-state index in [1.54, 1.807) is 0 Å². The van der Waals surface area contributed by atoms with Crippen LogP contribution in [-0.4, -0.2) is 54.3 Å². The van der Waals surface area contributed by atoms with Gasteiger partial charge in [0, 0.05) is 31.5 Å². The molecule has 2 fully saturated rings. The summed E-state index contributed by atoms with van der Waals surface area (Å²) in [6.07, 6.45) is 4.62. The third-order valence-electron chi connectivity index (χ3n) is 4.32. The van der Waals surface area contributed by atoms with Crippen LogP contribution in [0, 0.1) is 5.92 Å². The summed E-state index contributed by atoms with van der Waals surface area (Å²) < 4.78 is 0. The molecule has 3 nitrogen and oxygen atoms in total. The predicted molar refractivity (Wildman–Crippen MR) is 70.1 cm³/mol. The van der Waals surface area contributed by atoms with Crippen LogP contribution in [0.25, 0.3) is 0 Å². The van der Waals surface area contributed by atoms with E-state index < -0.39 is 0 Å². The maximum absolute atomic E-state index is 11.5. The highest BCUT2D eigenvalue weighted by Crippen LogP contribution is 2.22. The van der Waals surface area contributed by atoms with Crippen molar-refractivity contribution >= 4 is 5.78 Å². The van der Waals surface area contributed by atoms with Gasteiger partial charge in [-0.1, -0.05) is 13.8 Å². The zero-order valence-electron chi connectivity index (χ0n) is 11.3. The molecule has 0 aromatic carbocycles. The summed E-state index contributed by atoms with van der Waals surface area (Å²) in [5.41, 5.74) is 0. The van der Waals surface area contributed by atoms with E-state index in [1.165, 1.54) is 38.9 Å². The van der Waals surface area contributed by atoms with E-state index in [1.807, 2.05) is 0 Å². The van der Waals surface area contributed by atoms with Crippen molar-refractivity contribution in [2.24, 2.45) is 5.92 Å². The normalized spacial score (nSPS) is 29.8. The van der Waals surface area contributed by atoms with Crippen LogP contribution in [0.5, 0.6) is 0 Å². The Morgan fingerprint density at radius 2 is 1.94 bits per heavy atom. The zero-order valence-corrected chi connectivity index (χ0v) is 11.3. The summed E-state index contributed by atoms with van der Waals surface area (Å²) in [6.45, 7) is 10.1. The lowest BCUT2D eigenvalue weighted by Gasteiger charge is -2.41. The van der Waals surface area contributed by atoms with E-state index in [-0.39, 0.29) is 5.92 Å². The quantitative estimate of drug-likeness (QED) is 0.748. The van der Waals surface area contributed by atoms with Gasteiger partial charge in [0.05, 0.1) is 0 Å². The molecule has 0 aromatic rings. The van der Waals surface area contributed by atoms with Gasteiger partial charge in [-0.05, 0) is 38.9 Å². The molecule has 2 heterocycles. The van der Waals surface area contributed by atoms with Crippen molar-refractivity contribution in [3.63, 3.8) is 0 Å². The van der Waals surface area contributed by atoms with E-state index >= 15 is 0 Å². The minimum atomic E-state index is 0.262. The van der Waals surface area contributed by atoms with Gasteiger partial charge in [0.15, 0.2) is 0 Å². The maximum atomic E-state index is 11.5. The number of hydrogen-bond acceptors (Lipinski definition) is 3. The molecule has 2 aliphatic rings. The van der Waals surface area contributed by atoms with E-state index in [2.05, 4.69) is 23.6 Å². The molecule has 0 amide bonds. The molecule has 0 aliphatic carbocycles. The highest BCUT2D eigenvalue weighted by molar-refractivity contribution is 5.81. The molecule has 0 aromatic heterocycles. The van der Waals surface area contributed by atoms with Gasteiger partial charge < -0.3 is 4.90 Å². The first-order valence-corrected chi connectivity index (χ1v) is 7.19. The monoisotopic (exact) mass is 238 g/mol. The summed E-state index contributed by atoms with van der Waals surface area (Å²) in [5.74, 6) is 0.724. The number of Topliss-reactive ketones (excluding diaryl/α,β-unsaturated/α-hetero) is 1. The average Bonchev–Trinajstić information content (AvgIpc) is 2.34. The van der Waals surface area contributed by atoms with Gasteiger partial charge in [0.25, 0.3) is 0 Å². The van der Waals surface area contributed by atoms with Crippen molar-refractivity contribution in [1.29, 1.82) is 0 Å². The molecule has 1 unspecified atom stereocenters. The van der Waals surface area contributed by atoms with E-state index in [4.69, 9.17) is 0 Å². The van der Waals surface area contributed by atoms with Crippen molar-refractivity contribution < 1.29 is 4.79 Å². The van der Waals surface area contributed by atoms with Crippen molar-refractivity contribution in [1.82, 2.24) is 9.80 Å². The second-order valence-electron chi connectivity index (χ2n) is 5.69. The number of carbonyl (C=O) groups excluding carboxylic acids is 1. The molecule has 0 spiro atoms. The van der Waals surface area contributed by atoms with Gasteiger partial charge in [-0.3, -0.25) is 9.69 Å². The van der Waals surface area contributed by atoms with Crippen LogP contribution in [0.1, 0.15) is 39.5 Å². The molecule has 0 bridgehead atoms. The Kier molecular flexibility index (Phi) is 4.57. The second-order valence-corrected chi connectivity index (χ2v) is 5.69. The van der Waals surface area contributed by atoms with Crippen LogP contribution in [0.4, 0.5) is 0 Å². The Balaban J connectivity index is 1.79. The first kappa shape index (κ1) is 13.0. The van der Waals surface area contributed by atoms with Crippen LogP contribution >= 0.6 is 0 Å². The number of nitrogens with zero attached hydrogens (tertiary/aromatic N) is 2. The summed E-state index contributed by atoms with van der Waals surface area (Å²) in [6, 6.07) is 0.735. The van der Waals surface area contributed by atoms with Crippen molar-refractivity contribution in [3.8, 4) is 0 Å². The summed E-state index contributed by atoms with van der Waals surface area (Å²) >= 11 is 0. The number of ketones is 1. The fraction of sp³-hybridized carbons (Fsp3) is 0.929. The van der Waals surface area contributed by atoms with Gasteiger partial charge in [0.2, 0.25) is 0 Å². The maximum Gasteiger partial charge on any atom is 0.138 e. The van der Waals surface area contributed by atoms with Crippen LogP contribution in [0.15, 0.2) is 0 Å². The fourth-order valence-electron chi connectivity index (χ4n) is 3.20. The number of hydrogen-bond donors (Lipinski definition) is 0. The van der Waals surface area contributed by atoms with E-state index in [0.717, 1.165) is 25.6 Å². The van der Waals surface area contributed by atoms with Crippen LogP contribution in [-0.2, 0) is 4.79 Å². The molecule has 3 heteroatoms. The van der Waals surface area contributed by atoms with E-state index in [0.29, 0.717) is 5.78 Å². The summed E-state index contributed by atoms with van der Waals surface area (Å²) in [5, 5.41) is 0. The molecule has 1 atom stereocenters. The molecular weight excluding hydrogens is 212 g/mol. The number of carbonyl (C=O) groups is 1. The molecule has 98 valence electrons. The minimum Gasteiger partial charge on any atom is -0.303 e. The summed E-state index contributed by atoms with van der Waals surface area (Å²) in [7, 11) is 0. The Hall–Kier alpha value is -0.410. The second kappa shape index (κ2) is 5.96. The SMILES string of the molecule is CCCN1CCC(N2CCC(=O)C(C)C2)CC1. The Morgan fingerprint density at radius 1 is 1.24 bits per heavy atom. The smallest absolute Gasteiger partial charge is 0.138 e. The largest absolute Gasteiger partial charge is 0.303 e. The Morgan fingerprint density at radius 3 is 2.53 bits per heavy atom. The Labute approximate surface area is 105 Å². The molecule has 17 heavy (non-hydrogen) atoms. The van der Waals surface area contributed by atoms with Gasteiger partial charge >= 0.3 is 0 Å². The van der Waals surface area contributed by atoms with Gasteiger partial charge in [-0.15, -0.1) is 0 Å². The lowest BCUT2D eigenvalue weighted by molar-refractivity contribution is -0.126. The van der Waals surface area contributed by atoms with Crippen molar-refractivity contribution in [2.45, 2.75) is 45.6 Å². The van der Waals surface area contributed by atoms with Crippen molar-refractivity contribution in [2.75, 3.05) is 32.7 Å². The standard InChI is InChI=1S/C14H26N2O/c1-3-7-15-8-4-13(5-9-15)16-10-6-14(17)12(2)11-16/h12-13H,3-11H2,1-2H3. The van der Waals surface area contributed by atoms with Crippen LogP contribution in [0.2, 0.25) is 0 Å². The molecule has 2 aliphatic heterocycles. The lowest BCUT2D eigenvalue weighted by atomic mass is 9.94. The van der Waals surface area contributed by atoms with Crippen LogP contribution in [0.3, 0.4) is 0 Å². The van der Waals surface area contributed by atoms with Crippen molar-refractivity contribution in [3.05, 3.63) is 0 Å². The zero-order chi connectivity index (χ0) is 12.3. The molecule has 0 radical (unpaired) electrons. The number of piperidine rings is 2. The van der Waals surface area contributed by atoms with Gasteiger partial charge in [-0.25, -0.2) is 0 Å². The number of rotatable bonds is 3. The minimum absolute atomic E-state index is 0.262. The molecule has 2 saturated heterocycles. The Bertz CT molecular complexity index is 259.